The first-order valence-electron chi connectivity index (χ1n) is 6.37. The van der Waals surface area contributed by atoms with E-state index in [1.54, 1.807) is 16.8 Å². The Morgan fingerprint density at radius 2 is 2.28 bits per heavy atom. The molecule has 0 aromatic rings. The Morgan fingerprint density at radius 1 is 1.56 bits per heavy atom. The Morgan fingerprint density at radius 3 is 2.89 bits per heavy atom. The molecule has 102 valence electrons. The molecule has 0 aliphatic carbocycles. The first kappa shape index (κ1) is 14.5. The molecule has 1 aliphatic rings. The van der Waals surface area contributed by atoms with Crippen molar-refractivity contribution in [1.29, 1.82) is 0 Å². The number of carbonyl (C=O) groups is 2. The van der Waals surface area contributed by atoms with Crippen LogP contribution in [-0.4, -0.2) is 53.6 Å². The van der Waals surface area contributed by atoms with E-state index in [0.717, 1.165) is 19.3 Å². The molecule has 18 heavy (non-hydrogen) atoms. The Hall–Kier alpha value is -1.52. The average Bonchev–Trinajstić information content (AvgIpc) is 2.75. The highest BCUT2D eigenvalue weighted by atomic mass is 16.4. The van der Waals surface area contributed by atoms with Gasteiger partial charge >= 0.3 is 12.0 Å². The topological polar surface area (TPSA) is 60.9 Å². The van der Waals surface area contributed by atoms with Gasteiger partial charge in [0.2, 0.25) is 0 Å². The largest absolute Gasteiger partial charge is 0.481 e. The van der Waals surface area contributed by atoms with Crippen LogP contribution >= 0.6 is 0 Å². The number of rotatable bonds is 6. The van der Waals surface area contributed by atoms with E-state index in [0.29, 0.717) is 19.6 Å². The summed E-state index contributed by atoms with van der Waals surface area (Å²) >= 11 is 0. The van der Waals surface area contributed by atoms with Crippen LogP contribution in [0, 0.1) is 5.92 Å². The number of likely N-dealkylation sites (tertiary alicyclic amines) is 1. The number of allylic oxidation sites excluding steroid dienone is 1. The predicted molar refractivity (Wildman–Crippen MR) is 69.4 cm³/mol. The Kier molecular flexibility index (Phi) is 5.68. The van der Waals surface area contributed by atoms with Gasteiger partial charge < -0.3 is 14.9 Å². The highest BCUT2D eigenvalue weighted by molar-refractivity contribution is 5.74. The maximum atomic E-state index is 12.0. The van der Waals surface area contributed by atoms with E-state index in [4.69, 9.17) is 5.11 Å². The number of amides is 2. The molecule has 1 N–H and O–H groups in total. The van der Waals surface area contributed by atoms with Gasteiger partial charge in [-0.3, -0.25) is 4.79 Å². The fourth-order valence-electron chi connectivity index (χ4n) is 2.23. The van der Waals surface area contributed by atoms with E-state index in [-0.39, 0.29) is 18.4 Å². The van der Waals surface area contributed by atoms with Gasteiger partial charge in [0.05, 0.1) is 0 Å². The maximum absolute atomic E-state index is 12.0. The van der Waals surface area contributed by atoms with E-state index in [2.05, 4.69) is 6.58 Å². The molecule has 0 bridgehead atoms. The summed E-state index contributed by atoms with van der Waals surface area (Å²) in [6.45, 7) is 5.60. The molecule has 1 heterocycles. The molecule has 0 aromatic heterocycles. The summed E-state index contributed by atoms with van der Waals surface area (Å²) in [6.07, 6.45) is 4.61. The number of carboxylic acids is 1. The minimum absolute atomic E-state index is 0.00644. The molecule has 1 atom stereocenters. The lowest BCUT2D eigenvalue weighted by Gasteiger charge is -2.24. The van der Waals surface area contributed by atoms with Gasteiger partial charge in [-0.25, -0.2) is 4.79 Å². The molecule has 2 amide bonds. The van der Waals surface area contributed by atoms with Crippen molar-refractivity contribution in [3.8, 4) is 0 Å². The van der Waals surface area contributed by atoms with Gasteiger partial charge in [0.1, 0.15) is 0 Å². The second kappa shape index (κ2) is 7.03. The average molecular weight is 254 g/mol. The van der Waals surface area contributed by atoms with Gasteiger partial charge in [-0.05, 0) is 25.2 Å². The van der Waals surface area contributed by atoms with Gasteiger partial charge in [0.25, 0.3) is 0 Å². The molecular weight excluding hydrogens is 232 g/mol. The molecular formula is C13H22N2O3. The summed E-state index contributed by atoms with van der Waals surface area (Å²) in [7, 11) is 1.79. The van der Waals surface area contributed by atoms with Crippen LogP contribution in [0.4, 0.5) is 4.79 Å². The molecule has 1 fully saturated rings. The molecule has 1 rings (SSSR count). The van der Waals surface area contributed by atoms with E-state index in [1.807, 2.05) is 6.08 Å². The normalized spacial score (nSPS) is 18.7. The standard InChI is InChI=1S/C13H22N2O3/c1-3-4-5-7-14(2)13(18)15-8-6-11(10-15)9-12(16)17/h3,11H,1,4-10H2,2H3,(H,16,17). The monoisotopic (exact) mass is 254 g/mol. The zero-order valence-corrected chi connectivity index (χ0v) is 11.0. The van der Waals surface area contributed by atoms with Crippen molar-refractivity contribution in [1.82, 2.24) is 9.80 Å². The van der Waals surface area contributed by atoms with E-state index >= 15 is 0 Å². The van der Waals surface area contributed by atoms with Crippen molar-refractivity contribution >= 4 is 12.0 Å². The summed E-state index contributed by atoms with van der Waals surface area (Å²) in [5.74, 6) is -0.679. The highest BCUT2D eigenvalue weighted by Gasteiger charge is 2.29. The third-order valence-electron chi connectivity index (χ3n) is 3.25. The lowest BCUT2D eigenvalue weighted by molar-refractivity contribution is -0.138. The Bertz CT molecular complexity index is 317. The van der Waals surface area contributed by atoms with Crippen LogP contribution in [0.15, 0.2) is 12.7 Å². The van der Waals surface area contributed by atoms with E-state index in [1.165, 1.54) is 0 Å². The molecule has 1 aliphatic heterocycles. The lowest BCUT2D eigenvalue weighted by Crippen LogP contribution is -2.40. The highest BCUT2D eigenvalue weighted by Crippen LogP contribution is 2.20. The number of urea groups is 1. The number of nitrogens with zero attached hydrogens (tertiary/aromatic N) is 2. The second-order valence-electron chi connectivity index (χ2n) is 4.83. The van der Waals surface area contributed by atoms with Crippen LogP contribution in [0.1, 0.15) is 25.7 Å². The molecule has 0 saturated carbocycles. The van der Waals surface area contributed by atoms with Crippen LogP contribution in [0.5, 0.6) is 0 Å². The van der Waals surface area contributed by atoms with Gasteiger partial charge in [0, 0.05) is 33.1 Å². The van der Waals surface area contributed by atoms with Crippen molar-refractivity contribution in [3.05, 3.63) is 12.7 Å². The third-order valence-corrected chi connectivity index (χ3v) is 3.25. The maximum Gasteiger partial charge on any atom is 0.319 e. The molecule has 0 radical (unpaired) electrons. The van der Waals surface area contributed by atoms with Crippen LogP contribution in [0.25, 0.3) is 0 Å². The summed E-state index contributed by atoms with van der Waals surface area (Å²) in [5, 5.41) is 8.73. The molecule has 5 nitrogen and oxygen atoms in total. The summed E-state index contributed by atoms with van der Waals surface area (Å²) in [5.41, 5.74) is 0. The molecule has 0 aromatic carbocycles. The number of hydrogen-bond donors (Lipinski definition) is 1. The minimum Gasteiger partial charge on any atom is -0.481 e. The van der Waals surface area contributed by atoms with Crippen molar-refractivity contribution in [2.75, 3.05) is 26.7 Å². The molecule has 5 heteroatoms. The Labute approximate surface area is 108 Å². The van der Waals surface area contributed by atoms with Crippen LogP contribution in [0.2, 0.25) is 0 Å². The summed E-state index contributed by atoms with van der Waals surface area (Å²) < 4.78 is 0. The summed E-state index contributed by atoms with van der Waals surface area (Å²) in [4.78, 5) is 26.1. The van der Waals surface area contributed by atoms with Crippen LogP contribution in [-0.2, 0) is 4.79 Å². The fourth-order valence-corrected chi connectivity index (χ4v) is 2.23. The van der Waals surface area contributed by atoms with Crippen molar-refractivity contribution in [3.63, 3.8) is 0 Å². The third kappa shape index (κ3) is 4.39. The number of hydrogen-bond acceptors (Lipinski definition) is 2. The number of aliphatic carboxylic acids is 1. The van der Waals surface area contributed by atoms with Gasteiger partial charge in [0.15, 0.2) is 0 Å². The predicted octanol–water partition coefficient (Wildman–Crippen LogP) is 1.80. The number of unbranched alkanes of at least 4 members (excludes halogenated alkanes) is 1. The van der Waals surface area contributed by atoms with E-state index < -0.39 is 5.97 Å². The van der Waals surface area contributed by atoms with Crippen molar-refractivity contribution in [2.24, 2.45) is 5.92 Å². The molecule has 0 spiro atoms. The fraction of sp³-hybridized carbons (Fsp3) is 0.692. The Balaban J connectivity index is 2.34. The van der Waals surface area contributed by atoms with Gasteiger partial charge in [-0.15, -0.1) is 6.58 Å². The zero-order valence-electron chi connectivity index (χ0n) is 11.0. The lowest BCUT2D eigenvalue weighted by atomic mass is 10.1. The van der Waals surface area contributed by atoms with Crippen molar-refractivity contribution < 1.29 is 14.7 Å². The van der Waals surface area contributed by atoms with E-state index in [9.17, 15) is 9.59 Å². The number of carboxylic acid groups (broad SMARTS) is 1. The van der Waals surface area contributed by atoms with Crippen LogP contribution < -0.4 is 0 Å². The van der Waals surface area contributed by atoms with Gasteiger partial charge in [-0.1, -0.05) is 6.08 Å². The van der Waals surface area contributed by atoms with Crippen LogP contribution in [0.3, 0.4) is 0 Å². The van der Waals surface area contributed by atoms with Crippen molar-refractivity contribution in [2.45, 2.75) is 25.7 Å². The smallest absolute Gasteiger partial charge is 0.319 e. The molecule has 1 unspecified atom stereocenters. The van der Waals surface area contributed by atoms with Gasteiger partial charge in [-0.2, -0.15) is 0 Å². The minimum atomic E-state index is -0.784. The molecule has 1 saturated heterocycles. The first-order chi connectivity index (χ1) is 8.54. The SMILES string of the molecule is C=CCCCN(C)C(=O)N1CCC(CC(=O)O)C1. The summed E-state index contributed by atoms with van der Waals surface area (Å²) in [6, 6.07) is 0.00644. The second-order valence-corrected chi connectivity index (χ2v) is 4.83. The zero-order chi connectivity index (χ0) is 13.5. The first-order valence-corrected chi connectivity index (χ1v) is 6.37. The quantitative estimate of drug-likeness (QED) is 0.581. The number of carbonyl (C=O) groups excluding carboxylic acids is 1.